The van der Waals surface area contributed by atoms with Crippen LogP contribution in [-0.2, 0) is 6.42 Å². The molecule has 21 heavy (non-hydrogen) atoms. The van der Waals surface area contributed by atoms with Crippen LogP contribution in [0.25, 0.3) is 0 Å². The maximum absolute atomic E-state index is 5.46. The zero-order valence-electron chi connectivity index (χ0n) is 13.1. The summed E-state index contributed by atoms with van der Waals surface area (Å²) in [4.78, 5) is 0. The minimum Gasteiger partial charge on any atom is -0.496 e. The fraction of sp³-hybridized carbons (Fsp3) is 0.647. The van der Waals surface area contributed by atoms with Gasteiger partial charge < -0.3 is 14.8 Å². The van der Waals surface area contributed by atoms with Crippen LogP contribution < -0.4 is 14.8 Å². The summed E-state index contributed by atoms with van der Waals surface area (Å²) in [5, 5.41) is 3.56. The van der Waals surface area contributed by atoms with E-state index >= 15 is 0 Å². The Balaban J connectivity index is 1.70. The third-order valence-electron chi connectivity index (χ3n) is 3.94. The van der Waals surface area contributed by atoms with Crippen molar-refractivity contribution in [3.8, 4) is 11.5 Å². The molecule has 0 amide bonds. The van der Waals surface area contributed by atoms with Crippen molar-refractivity contribution < 1.29 is 9.47 Å². The van der Waals surface area contributed by atoms with Crippen molar-refractivity contribution >= 4 is 15.9 Å². The van der Waals surface area contributed by atoms with Crippen molar-refractivity contribution in [2.45, 2.75) is 51.0 Å². The molecule has 1 aliphatic rings. The number of aryl methyl sites for hydroxylation is 1. The number of rotatable bonds is 10. The highest BCUT2D eigenvalue weighted by molar-refractivity contribution is 9.10. The van der Waals surface area contributed by atoms with E-state index in [1.165, 1.54) is 50.6 Å². The van der Waals surface area contributed by atoms with Crippen LogP contribution in [-0.4, -0.2) is 26.8 Å². The topological polar surface area (TPSA) is 30.5 Å². The van der Waals surface area contributed by atoms with Crippen LogP contribution in [0.3, 0.4) is 0 Å². The predicted molar refractivity (Wildman–Crippen MR) is 90.4 cm³/mol. The molecule has 3 nitrogen and oxygen atoms in total. The summed E-state index contributed by atoms with van der Waals surface area (Å²) in [6, 6.07) is 4.91. The summed E-state index contributed by atoms with van der Waals surface area (Å²) in [5.41, 5.74) is 1.23. The van der Waals surface area contributed by atoms with Gasteiger partial charge in [0.05, 0.1) is 18.7 Å². The van der Waals surface area contributed by atoms with E-state index in [1.807, 2.05) is 6.07 Å². The lowest BCUT2D eigenvalue weighted by atomic mass is 10.0. The van der Waals surface area contributed by atoms with Crippen molar-refractivity contribution in [2.75, 3.05) is 20.8 Å². The average molecular weight is 356 g/mol. The highest BCUT2D eigenvalue weighted by Gasteiger charge is 2.19. The van der Waals surface area contributed by atoms with Gasteiger partial charge in [-0.25, -0.2) is 0 Å². The smallest absolute Gasteiger partial charge is 0.133 e. The Labute approximate surface area is 136 Å². The Morgan fingerprint density at radius 1 is 1.05 bits per heavy atom. The van der Waals surface area contributed by atoms with Crippen LogP contribution in [0.15, 0.2) is 16.6 Å². The molecule has 1 aromatic rings. The standard InChI is InChI=1S/C17H26BrNO2/c1-20-16-12-15(18)17(21-2)11-13(16)7-5-3-4-6-10-19-14-8-9-14/h11-12,14,19H,3-10H2,1-2H3. The molecular weight excluding hydrogens is 330 g/mol. The Morgan fingerprint density at radius 2 is 1.76 bits per heavy atom. The van der Waals surface area contributed by atoms with E-state index in [0.29, 0.717) is 0 Å². The monoisotopic (exact) mass is 355 g/mol. The second kappa shape index (κ2) is 8.64. The first-order valence-corrected chi connectivity index (χ1v) is 8.67. The third kappa shape index (κ3) is 5.51. The second-order valence-corrected chi connectivity index (χ2v) is 6.55. The fourth-order valence-corrected chi connectivity index (χ4v) is 2.99. The lowest BCUT2D eigenvalue weighted by Crippen LogP contribution is -2.17. The van der Waals surface area contributed by atoms with Crippen LogP contribution >= 0.6 is 15.9 Å². The SMILES string of the molecule is COc1cc(CCCCCCNC2CC2)c(OC)cc1Br. The summed E-state index contributed by atoms with van der Waals surface area (Å²) in [7, 11) is 3.42. The molecule has 0 heterocycles. The lowest BCUT2D eigenvalue weighted by Gasteiger charge is -2.12. The van der Waals surface area contributed by atoms with Gasteiger partial charge in [-0.1, -0.05) is 12.8 Å². The summed E-state index contributed by atoms with van der Waals surface area (Å²) in [6.07, 6.45) is 8.87. The normalized spacial score (nSPS) is 14.2. The molecule has 0 atom stereocenters. The Morgan fingerprint density at radius 3 is 2.43 bits per heavy atom. The Kier molecular flexibility index (Phi) is 6.84. The van der Waals surface area contributed by atoms with Crippen LogP contribution in [0.2, 0.25) is 0 Å². The first-order valence-electron chi connectivity index (χ1n) is 7.88. The van der Waals surface area contributed by atoms with Crippen molar-refractivity contribution in [1.29, 1.82) is 0 Å². The fourth-order valence-electron chi connectivity index (χ4n) is 2.51. The minimum atomic E-state index is 0.837. The van der Waals surface area contributed by atoms with Crippen LogP contribution in [0.5, 0.6) is 11.5 Å². The van der Waals surface area contributed by atoms with Gasteiger partial charge in [-0.2, -0.15) is 0 Å². The number of unbranched alkanes of at least 4 members (excludes halogenated alkanes) is 3. The number of hydrogen-bond acceptors (Lipinski definition) is 3. The van der Waals surface area contributed by atoms with Crippen LogP contribution in [0, 0.1) is 0 Å². The van der Waals surface area contributed by atoms with Gasteiger partial charge in [0.15, 0.2) is 0 Å². The second-order valence-electron chi connectivity index (χ2n) is 5.69. The van der Waals surface area contributed by atoms with Gasteiger partial charge >= 0.3 is 0 Å². The molecule has 1 aromatic carbocycles. The molecule has 1 saturated carbocycles. The Hall–Kier alpha value is -0.740. The summed E-state index contributed by atoms with van der Waals surface area (Å²) in [5.74, 6) is 1.82. The van der Waals surface area contributed by atoms with E-state index in [9.17, 15) is 0 Å². The zero-order chi connectivity index (χ0) is 15.1. The number of benzene rings is 1. The molecule has 1 fully saturated rings. The largest absolute Gasteiger partial charge is 0.496 e. The highest BCUT2D eigenvalue weighted by atomic mass is 79.9. The van der Waals surface area contributed by atoms with E-state index in [-0.39, 0.29) is 0 Å². The van der Waals surface area contributed by atoms with Gasteiger partial charge in [-0.3, -0.25) is 0 Å². The molecule has 0 aromatic heterocycles. The van der Waals surface area contributed by atoms with Crippen LogP contribution in [0.4, 0.5) is 0 Å². The minimum absolute atomic E-state index is 0.837. The number of nitrogens with one attached hydrogen (secondary N) is 1. The van der Waals surface area contributed by atoms with Crippen molar-refractivity contribution in [1.82, 2.24) is 5.32 Å². The van der Waals surface area contributed by atoms with Crippen molar-refractivity contribution in [3.05, 3.63) is 22.2 Å². The molecule has 0 spiro atoms. The van der Waals surface area contributed by atoms with Crippen LogP contribution in [0.1, 0.15) is 44.1 Å². The van der Waals surface area contributed by atoms with E-state index in [2.05, 4.69) is 27.3 Å². The van der Waals surface area contributed by atoms with Crippen molar-refractivity contribution in [2.24, 2.45) is 0 Å². The number of methoxy groups -OCH3 is 2. The van der Waals surface area contributed by atoms with Crippen molar-refractivity contribution in [3.63, 3.8) is 0 Å². The summed E-state index contributed by atoms with van der Waals surface area (Å²) in [6.45, 7) is 1.18. The van der Waals surface area contributed by atoms with Gasteiger partial charge in [0.2, 0.25) is 0 Å². The summed E-state index contributed by atoms with van der Waals surface area (Å²) < 4.78 is 11.8. The predicted octanol–water partition coefficient (Wildman–Crippen LogP) is 4.32. The number of halogens is 1. The van der Waals surface area contributed by atoms with Gasteiger partial charge in [0, 0.05) is 6.04 Å². The van der Waals surface area contributed by atoms with E-state index < -0.39 is 0 Å². The van der Waals surface area contributed by atoms with Gasteiger partial charge in [-0.05, 0) is 72.3 Å². The third-order valence-corrected chi connectivity index (χ3v) is 4.56. The zero-order valence-corrected chi connectivity index (χ0v) is 14.7. The first-order chi connectivity index (χ1) is 10.2. The molecule has 0 unspecified atom stereocenters. The van der Waals surface area contributed by atoms with Gasteiger partial charge in [0.1, 0.15) is 11.5 Å². The maximum Gasteiger partial charge on any atom is 0.133 e. The van der Waals surface area contributed by atoms with E-state index in [0.717, 1.165) is 28.4 Å². The molecule has 2 rings (SSSR count). The van der Waals surface area contributed by atoms with E-state index in [1.54, 1.807) is 14.2 Å². The Bertz CT molecular complexity index is 447. The quantitative estimate of drug-likeness (QED) is 0.634. The average Bonchev–Trinajstić information content (AvgIpc) is 3.31. The molecule has 0 bridgehead atoms. The lowest BCUT2D eigenvalue weighted by molar-refractivity contribution is 0.396. The molecular formula is C17H26BrNO2. The molecule has 0 aliphatic heterocycles. The summed E-state index contributed by atoms with van der Waals surface area (Å²) >= 11 is 3.50. The van der Waals surface area contributed by atoms with Gasteiger partial charge in [0.25, 0.3) is 0 Å². The molecule has 0 saturated heterocycles. The first kappa shape index (κ1) is 16.6. The maximum atomic E-state index is 5.46. The number of ether oxygens (including phenoxy) is 2. The molecule has 0 radical (unpaired) electrons. The molecule has 4 heteroatoms. The highest BCUT2D eigenvalue weighted by Crippen LogP contribution is 2.33. The van der Waals surface area contributed by atoms with Gasteiger partial charge in [-0.15, -0.1) is 0 Å². The van der Waals surface area contributed by atoms with E-state index in [4.69, 9.17) is 9.47 Å². The number of hydrogen-bond donors (Lipinski definition) is 1. The molecule has 118 valence electrons. The molecule has 1 N–H and O–H groups in total. The molecule has 1 aliphatic carbocycles.